The van der Waals surface area contributed by atoms with Gasteiger partial charge in [-0.25, -0.2) is 4.39 Å². The Hall–Kier alpha value is -2.27. The van der Waals surface area contributed by atoms with Gasteiger partial charge in [0.15, 0.2) is 11.5 Å². The molecule has 2 aromatic rings. The van der Waals surface area contributed by atoms with Crippen LogP contribution >= 0.6 is 11.6 Å². The van der Waals surface area contributed by atoms with E-state index in [1.54, 1.807) is 0 Å². The predicted molar refractivity (Wildman–Crippen MR) is 78.8 cm³/mol. The van der Waals surface area contributed by atoms with E-state index in [1.165, 1.54) is 38.5 Å². The first-order valence-electron chi connectivity index (χ1n) is 5.99. The Balaban J connectivity index is 2.58. The van der Waals surface area contributed by atoms with Crippen molar-refractivity contribution in [1.29, 1.82) is 0 Å². The van der Waals surface area contributed by atoms with Crippen molar-refractivity contribution in [3.63, 3.8) is 0 Å². The summed E-state index contributed by atoms with van der Waals surface area (Å²) in [5.74, 6) is -0.745. The number of rotatable bonds is 4. The lowest BCUT2D eigenvalue weighted by Crippen LogP contribution is -2.08. The second-order valence-corrected chi connectivity index (χ2v) is 4.61. The third kappa shape index (κ3) is 2.78. The molecular formula is C15H13ClFNO3. The van der Waals surface area contributed by atoms with Crippen LogP contribution in [0.3, 0.4) is 0 Å². The Labute approximate surface area is 126 Å². The van der Waals surface area contributed by atoms with Gasteiger partial charge in [0.05, 0.1) is 25.3 Å². The summed E-state index contributed by atoms with van der Waals surface area (Å²) in [5.41, 5.74) is 5.87. The summed E-state index contributed by atoms with van der Waals surface area (Å²) in [6.45, 7) is 0. The fourth-order valence-electron chi connectivity index (χ4n) is 1.94. The summed E-state index contributed by atoms with van der Waals surface area (Å²) < 4.78 is 24.0. The van der Waals surface area contributed by atoms with Crippen molar-refractivity contribution in [2.75, 3.05) is 20.0 Å². The van der Waals surface area contributed by atoms with Gasteiger partial charge in [-0.1, -0.05) is 11.6 Å². The summed E-state index contributed by atoms with van der Waals surface area (Å²) in [7, 11) is 2.81. The monoisotopic (exact) mass is 309 g/mol. The van der Waals surface area contributed by atoms with E-state index in [0.717, 1.165) is 6.07 Å². The molecule has 0 saturated heterocycles. The van der Waals surface area contributed by atoms with Gasteiger partial charge in [0.2, 0.25) is 0 Å². The maximum atomic E-state index is 13.8. The molecule has 0 aliphatic rings. The first-order chi connectivity index (χ1) is 9.99. The second kappa shape index (κ2) is 6.01. The van der Waals surface area contributed by atoms with Gasteiger partial charge in [0.25, 0.3) is 0 Å². The second-order valence-electron chi connectivity index (χ2n) is 4.23. The van der Waals surface area contributed by atoms with Crippen molar-refractivity contribution in [1.82, 2.24) is 0 Å². The maximum absolute atomic E-state index is 13.8. The number of nitrogen functional groups attached to an aromatic ring is 1. The van der Waals surface area contributed by atoms with E-state index in [9.17, 15) is 9.18 Å². The molecule has 6 heteroatoms. The average molecular weight is 310 g/mol. The van der Waals surface area contributed by atoms with E-state index >= 15 is 0 Å². The number of ether oxygens (including phenoxy) is 2. The number of hydrogen-bond acceptors (Lipinski definition) is 4. The maximum Gasteiger partial charge on any atom is 0.199 e. The van der Waals surface area contributed by atoms with Gasteiger partial charge >= 0.3 is 0 Å². The van der Waals surface area contributed by atoms with E-state index in [2.05, 4.69) is 0 Å². The summed E-state index contributed by atoms with van der Waals surface area (Å²) in [4.78, 5) is 12.5. The number of anilines is 1. The van der Waals surface area contributed by atoms with Gasteiger partial charge in [-0.3, -0.25) is 4.79 Å². The van der Waals surface area contributed by atoms with Crippen LogP contribution in [0.1, 0.15) is 15.9 Å². The molecule has 21 heavy (non-hydrogen) atoms. The molecular weight excluding hydrogens is 297 g/mol. The van der Waals surface area contributed by atoms with Crippen molar-refractivity contribution in [2.45, 2.75) is 0 Å². The summed E-state index contributed by atoms with van der Waals surface area (Å²) in [6.07, 6.45) is 0. The van der Waals surface area contributed by atoms with Gasteiger partial charge in [0.1, 0.15) is 16.6 Å². The molecule has 0 aliphatic heterocycles. The minimum Gasteiger partial charge on any atom is -0.495 e. The Kier molecular flexibility index (Phi) is 4.33. The fourth-order valence-corrected chi connectivity index (χ4v) is 2.26. The SMILES string of the molecule is COc1ccc(C(=O)c2cc(N)ccc2F)c(OC)c1Cl. The Morgan fingerprint density at radius 1 is 1.14 bits per heavy atom. The molecule has 2 N–H and O–H groups in total. The molecule has 0 aromatic heterocycles. The van der Waals surface area contributed by atoms with E-state index in [4.69, 9.17) is 26.8 Å². The topological polar surface area (TPSA) is 61.5 Å². The van der Waals surface area contributed by atoms with Crippen LogP contribution in [0.4, 0.5) is 10.1 Å². The van der Waals surface area contributed by atoms with Crippen LogP contribution in [0.2, 0.25) is 5.02 Å². The zero-order valence-corrected chi connectivity index (χ0v) is 12.2. The minimum absolute atomic E-state index is 0.128. The first kappa shape index (κ1) is 15.1. The van der Waals surface area contributed by atoms with Crippen molar-refractivity contribution >= 4 is 23.1 Å². The van der Waals surface area contributed by atoms with Crippen LogP contribution in [0.5, 0.6) is 11.5 Å². The molecule has 2 rings (SSSR count). The summed E-state index contributed by atoms with van der Waals surface area (Å²) in [6, 6.07) is 6.77. The van der Waals surface area contributed by atoms with E-state index in [0.29, 0.717) is 11.4 Å². The van der Waals surface area contributed by atoms with Crippen LogP contribution in [-0.2, 0) is 0 Å². The molecule has 0 bridgehead atoms. The molecule has 0 radical (unpaired) electrons. The number of methoxy groups -OCH3 is 2. The van der Waals surface area contributed by atoms with E-state index in [1.807, 2.05) is 0 Å². The van der Waals surface area contributed by atoms with Crippen molar-refractivity contribution in [2.24, 2.45) is 0 Å². The molecule has 0 aliphatic carbocycles. The molecule has 0 atom stereocenters. The Bertz CT molecular complexity index is 704. The highest BCUT2D eigenvalue weighted by Crippen LogP contribution is 2.38. The normalized spacial score (nSPS) is 10.3. The van der Waals surface area contributed by atoms with Crippen LogP contribution in [0, 0.1) is 5.82 Å². The zero-order valence-electron chi connectivity index (χ0n) is 11.4. The lowest BCUT2D eigenvalue weighted by molar-refractivity contribution is 0.103. The van der Waals surface area contributed by atoms with Gasteiger partial charge in [0, 0.05) is 5.69 Å². The largest absolute Gasteiger partial charge is 0.495 e. The highest BCUT2D eigenvalue weighted by atomic mass is 35.5. The van der Waals surface area contributed by atoms with Crippen LogP contribution in [-0.4, -0.2) is 20.0 Å². The minimum atomic E-state index is -0.664. The lowest BCUT2D eigenvalue weighted by Gasteiger charge is -2.13. The third-order valence-corrected chi connectivity index (χ3v) is 3.32. The number of carbonyl (C=O) groups excluding carboxylic acids is 1. The van der Waals surface area contributed by atoms with Crippen molar-refractivity contribution in [3.05, 3.63) is 52.3 Å². The molecule has 2 aromatic carbocycles. The predicted octanol–water partition coefficient (Wildman–Crippen LogP) is 3.31. The first-order valence-corrected chi connectivity index (χ1v) is 6.37. The number of nitrogens with two attached hydrogens (primary N) is 1. The molecule has 0 fully saturated rings. The zero-order chi connectivity index (χ0) is 15.6. The molecule has 0 heterocycles. The Morgan fingerprint density at radius 2 is 1.86 bits per heavy atom. The smallest absolute Gasteiger partial charge is 0.199 e. The number of halogens is 2. The highest BCUT2D eigenvalue weighted by Gasteiger charge is 2.22. The standard InChI is InChI=1S/C15H13ClFNO3/c1-20-12-6-4-9(15(21-2)13(12)16)14(19)10-7-8(18)3-5-11(10)17/h3-7H,18H2,1-2H3. The van der Waals surface area contributed by atoms with Gasteiger partial charge in [-0.05, 0) is 30.3 Å². The number of benzene rings is 2. The van der Waals surface area contributed by atoms with Crippen LogP contribution < -0.4 is 15.2 Å². The van der Waals surface area contributed by atoms with Crippen LogP contribution in [0.25, 0.3) is 0 Å². The highest BCUT2D eigenvalue weighted by molar-refractivity contribution is 6.34. The summed E-state index contributed by atoms with van der Waals surface area (Å²) >= 11 is 6.10. The van der Waals surface area contributed by atoms with E-state index < -0.39 is 11.6 Å². The molecule has 0 amide bonds. The van der Waals surface area contributed by atoms with Crippen molar-refractivity contribution in [3.8, 4) is 11.5 Å². The molecule has 0 unspecified atom stereocenters. The quantitative estimate of drug-likeness (QED) is 0.695. The molecule has 0 saturated carbocycles. The Morgan fingerprint density at radius 3 is 2.48 bits per heavy atom. The third-order valence-electron chi connectivity index (χ3n) is 2.97. The van der Waals surface area contributed by atoms with E-state index in [-0.39, 0.29) is 21.9 Å². The molecule has 4 nitrogen and oxygen atoms in total. The number of carbonyl (C=O) groups is 1. The van der Waals surface area contributed by atoms with Gasteiger partial charge in [-0.15, -0.1) is 0 Å². The lowest BCUT2D eigenvalue weighted by atomic mass is 10.0. The fraction of sp³-hybridized carbons (Fsp3) is 0.133. The number of hydrogen-bond donors (Lipinski definition) is 1. The molecule has 0 spiro atoms. The van der Waals surface area contributed by atoms with Gasteiger partial charge in [-0.2, -0.15) is 0 Å². The van der Waals surface area contributed by atoms with Crippen molar-refractivity contribution < 1.29 is 18.7 Å². The molecule has 110 valence electrons. The summed E-state index contributed by atoms with van der Waals surface area (Å²) in [5, 5.41) is 0.148. The number of ketones is 1. The van der Waals surface area contributed by atoms with Gasteiger partial charge < -0.3 is 15.2 Å². The van der Waals surface area contributed by atoms with Crippen LogP contribution in [0.15, 0.2) is 30.3 Å². The average Bonchev–Trinajstić information content (AvgIpc) is 2.48.